The maximum Gasteiger partial charge on any atom is 0.190 e. The third-order valence-corrected chi connectivity index (χ3v) is 10.7. The van der Waals surface area contributed by atoms with E-state index in [2.05, 4.69) is 45.9 Å². The van der Waals surface area contributed by atoms with Crippen LogP contribution in [0.4, 0.5) is 0 Å². The van der Waals surface area contributed by atoms with Gasteiger partial charge in [0.25, 0.3) is 0 Å². The molecule has 3 atom stereocenters. The second-order valence-electron chi connectivity index (χ2n) is 14.4. The molecule has 0 spiro atoms. The maximum absolute atomic E-state index is 14.6. The van der Waals surface area contributed by atoms with Crippen molar-refractivity contribution in [2.75, 3.05) is 0 Å². The van der Waals surface area contributed by atoms with Crippen LogP contribution in [0, 0.1) is 29.1 Å². The van der Waals surface area contributed by atoms with Crippen molar-refractivity contribution in [2.45, 2.75) is 94.4 Å². The Morgan fingerprint density at radius 1 is 0.905 bits per heavy atom. The van der Waals surface area contributed by atoms with E-state index in [0.717, 1.165) is 50.1 Å². The van der Waals surface area contributed by atoms with Crippen LogP contribution >= 0.6 is 0 Å². The summed E-state index contributed by atoms with van der Waals surface area (Å²) in [7, 11) is 0. The molecule has 42 heavy (non-hydrogen) atoms. The molecule has 0 heterocycles. The Kier molecular flexibility index (Phi) is 7.23. The number of rotatable bonds is 6. The van der Waals surface area contributed by atoms with Crippen molar-refractivity contribution in [1.29, 1.82) is 0 Å². The van der Waals surface area contributed by atoms with Gasteiger partial charge in [0.1, 0.15) is 5.78 Å². The van der Waals surface area contributed by atoms with Crippen LogP contribution in [-0.2, 0) is 27.2 Å². The maximum atomic E-state index is 14.6. The lowest BCUT2D eigenvalue weighted by atomic mass is 9.42. The third kappa shape index (κ3) is 4.41. The SMILES string of the molecule is CC(=O)C1=C(C)C[C@]2(C)C[C@]3(C)Cc4c(-c5ccc(CC(=O)CC(C)C)cc5)ccc(C)c4C(=O)C3=C(C)[C@]2(C)C1=O. The van der Waals surface area contributed by atoms with Crippen molar-refractivity contribution in [1.82, 2.24) is 0 Å². The van der Waals surface area contributed by atoms with Gasteiger partial charge in [0, 0.05) is 29.4 Å². The number of hydrogen-bond donors (Lipinski definition) is 0. The van der Waals surface area contributed by atoms with Crippen LogP contribution in [-0.4, -0.2) is 23.1 Å². The fourth-order valence-corrected chi connectivity index (χ4v) is 8.75. The van der Waals surface area contributed by atoms with Crippen molar-refractivity contribution in [2.24, 2.45) is 22.2 Å². The van der Waals surface area contributed by atoms with Gasteiger partial charge in [-0.1, -0.05) is 75.2 Å². The van der Waals surface area contributed by atoms with E-state index in [-0.39, 0.29) is 23.1 Å². The molecule has 0 radical (unpaired) electrons. The number of carbonyl (C=O) groups excluding carboxylic acids is 4. The Hall–Kier alpha value is -3.40. The van der Waals surface area contributed by atoms with Gasteiger partial charge in [0.15, 0.2) is 17.3 Å². The molecule has 0 saturated heterocycles. The first kappa shape index (κ1) is 30.1. The number of Topliss-reactive ketones (excluding diaryl/α,β-unsaturated/α-hetero) is 4. The Labute approximate surface area is 250 Å². The van der Waals surface area contributed by atoms with E-state index in [4.69, 9.17) is 0 Å². The number of hydrogen-bond acceptors (Lipinski definition) is 4. The molecule has 0 amide bonds. The molecule has 0 aromatic heterocycles. The molecule has 220 valence electrons. The molecule has 4 nitrogen and oxygen atoms in total. The third-order valence-electron chi connectivity index (χ3n) is 10.7. The van der Waals surface area contributed by atoms with Crippen LogP contribution < -0.4 is 0 Å². The molecular formula is C38H44O4. The second-order valence-corrected chi connectivity index (χ2v) is 14.4. The molecule has 0 bridgehead atoms. The summed E-state index contributed by atoms with van der Waals surface area (Å²) in [4.78, 5) is 53.6. The molecule has 4 heteroatoms. The molecule has 5 rings (SSSR count). The van der Waals surface area contributed by atoms with E-state index in [9.17, 15) is 19.2 Å². The summed E-state index contributed by atoms with van der Waals surface area (Å²) in [6.07, 6.45) is 3.06. The zero-order valence-electron chi connectivity index (χ0n) is 26.7. The number of aryl methyl sites for hydroxylation is 1. The molecule has 0 aliphatic heterocycles. The van der Waals surface area contributed by atoms with Crippen molar-refractivity contribution < 1.29 is 19.2 Å². The average molecular weight is 565 g/mol. The fourth-order valence-electron chi connectivity index (χ4n) is 8.75. The molecular weight excluding hydrogens is 520 g/mol. The monoisotopic (exact) mass is 564 g/mol. The zero-order chi connectivity index (χ0) is 30.9. The largest absolute Gasteiger partial charge is 0.299 e. The van der Waals surface area contributed by atoms with E-state index in [0.29, 0.717) is 43.6 Å². The number of carbonyl (C=O) groups is 4. The van der Waals surface area contributed by atoms with Crippen molar-refractivity contribution in [3.05, 3.63) is 80.9 Å². The highest BCUT2D eigenvalue weighted by atomic mass is 16.2. The summed E-state index contributed by atoms with van der Waals surface area (Å²) in [5, 5.41) is 0. The lowest BCUT2D eigenvalue weighted by molar-refractivity contribution is -0.134. The van der Waals surface area contributed by atoms with Crippen LogP contribution in [0.25, 0.3) is 11.1 Å². The summed E-state index contributed by atoms with van der Waals surface area (Å²) in [6.45, 7) is 17.8. The quantitative estimate of drug-likeness (QED) is 0.332. The number of benzene rings is 2. The van der Waals surface area contributed by atoms with Crippen molar-refractivity contribution >= 4 is 23.1 Å². The molecule has 2 aromatic carbocycles. The van der Waals surface area contributed by atoms with Crippen LogP contribution in [0.3, 0.4) is 0 Å². The molecule has 3 aliphatic rings. The normalized spacial score (nSPS) is 27.2. The first-order valence-electron chi connectivity index (χ1n) is 15.3. The van der Waals surface area contributed by atoms with Gasteiger partial charge in [-0.25, -0.2) is 0 Å². The lowest BCUT2D eigenvalue weighted by Gasteiger charge is -2.59. The highest BCUT2D eigenvalue weighted by molar-refractivity contribution is 6.24. The van der Waals surface area contributed by atoms with E-state index in [1.54, 1.807) is 0 Å². The van der Waals surface area contributed by atoms with Gasteiger partial charge in [-0.15, -0.1) is 0 Å². The summed E-state index contributed by atoms with van der Waals surface area (Å²) in [6, 6.07) is 12.3. The highest BCUT2D eigenvalue weighted by Crippen LogP contribution is 2.66. The fraction of sp³-hybridized carbons (Fsp3) is 0.474. The molecule has 0 unspecified atom stereocenters. The molecule has 2 aromatic rings. The van der Waals surface area contributed by atoms with Crippen LogP contribution in [0.1, 0.15) is 102 Å². The molecule has 3 aliphatic carbocycles. The minimum absolute atomic E-state index is 0.0122. The van der Waals surface area contributed by atoms with Gasteiger partial charge in [0.2, 0.25) is 0 Å². The Morgan fingerprint density at radius 3 is 2.14 bits per heavy atom. The number of allylic oxidation sites excluding steroid dienone is 4. The van der Waals surface area contributed by atoms with E-state index in [1.807, 2.05) is 45.9 Å². The Morgan fingerprint density at radius 2 is 1.55 bits per heavy atom. The zero-order valence-corrected chi connectivity index (χ0v) is 26.7. The predicted octanol–water partition coefficient (Wildman–Crippen LogP) is 8.18. The summed E-state index contributed by atoms with van der Waals surface area (Å²) in [5.41, 5.74) is 6.82. The van der Waals surface area contributed by atoms with Crippen LogP contribution in [0.2, 0.25) is 0 Å². The van der Waals surface area contributed by atoms with Gasteiger partial charge in [-0.2, -0.15) is 0 Å². The van der Waals surface area contributed by atoms with E-state index < -0.39 is 16.2 Å². The first-order valence-corrected chi connectivity index (χ1v) is 15.3. The topological polar surface area (TPSA) is 68.3 Å². The van der Waals surface area contributed by atoms with Gasteiger partial charge in [0.05, 0.1) is 11.0 Å². The van der Waals surface area contributed by atoms with Gasteiger partial charge in [-0.05, 0) is 93.0 Å². The minimum atomic E-state index is -0.913. The Balaban J connectivity index is 1.62. The second kappa shape index (κ2) is 10.1. The molecule has 0 N–H and O–H groups in total. The number of fused-ring (bicyclic) bond motifs is 3. The predicted molar refractivity (Wildman–Crippen MR) is 167 cm³/mol. The number of ketones is 4. The summed E-state index contributed by atoms with van der Waals surface area (Å²) in [5.74, 6) is 0.281. The van der Waals surface area contributed by atoms with Crippen molar-refractivity contribution in [3.8, 4) is 11.1 Å². The van der Waals surface area contributed by atoms with Crippen LogP contribution in [0.15, 0.2) is 58.7 Å². The highest BCUT2D eigenvalue weighted by Gasteiger charge is 2.63. The standard InChI is InChI=1S/C38H44O4/c1-21(2)16-28(40)17-26-11-13-27(14-12-26)29-15-10-22(3)32-30(29)19-36(7)20-37(8)18-23(4)31(25(6)39)35(42)38(37,9)24(5)33(36)34(32)41/h10-15,21H,16-20H2,1-9H3/t36-,37+,38+/m0/s1. The minimum Gasteiger partial charge on any atom is -0.299 e. The lowest BCUT2D eigenvalue weighted by Crippen LogP contribution is -2.57. The first-order chi connectivity index (χ1) is 19.5. The molecule has 0 fully saturated rings. The van der Waals surface area contributed by atoms with Crippen LogP contribution in [0.5, 0.6) is 0 Å². The Bertz CT molecular complexity index is 1610. The summed E-state index contributed by atoms with van der Waals surface area (Å²) >= 11 is 0. The smallest absolute Gasteiger partial charge is 0.190 e. The van der Waals surface area contributed by atoms with E-state index in [1.165, 1.54) is 6.92 Å². The molecule has 0 saturated carbocycles. The van der Waals surface area contributed by atoms with E-state index >= 15 is 0 Å². The summed E-state index contributed by atoms with van der Waals surface area (Å²) < 4.78 is 0. The van der Waals surface area contributed by atoms with Gasteiger partial charge in [-0.3, -0.25) is 19.2 Å². The average Bonchev–Trinajstić information content (AvgIpc) is 2.86. The van der Waals surface area contributed by atoms with Gasteiger partial charge >= 0.3 is 0 Å². The van der Waals surface area contributed by atoms with Gasteiger partial charge < -0.3 is 0 Å². The van der Waals surface area contributed by atoms with Crippen molar-refractivity contribution in [3.63, 3.8) is 0 Å².